The minimum Gasteiger partial charge on any atom is -0.494 e. The Morgan fingerprint density at radius 3 is 2.45 bits per heavy atom. The van der Waals surface area contributed by atoms with Crippen LogP contribution in [0.1, 0.15) is 19.4 Å². The van der Waals surface area contributed by atoms with E-state index in [1.807, 2.05) is 13.0 Å². The van der Waals surface area contributed by atoms with Crippen LogP contribution in [0.5, 0.6) is 11.5 Å². The number of anilines is 1. The molecule has 2 aromatic rings. The van der Waals surface area contributed by atoms with Crippen molar-refractivity contribution in [2.75, 3.05) is 12.4 Å². The molecule has 0 aliphatic rings. The number of methoxy groups -OCH3 is 1. The number of esters is 1. The van der Waals surface area contributed by atoms with Crippen molar-refractivity contribution in [3.8, 4) is 11.5 Å². The van der Waals surface area contributed by atoms with Crippen LogP contribution in [0.25, 0.3) is 0 Å². The summed E-state index contributed by atoms with van der Waals surface area (Å²) < 4.78 is 15.8. The predicted molar refractivity (Wildman–Crippen MR) is 105 cm³/mol. The van der Waals surface area contributed by atoms with Gasteiger partial charge in [-0.3, -0.25) is 14.9 Å². The van der Waals surface area contributed by atoms with Gasteiger partial charge in [0.25, 0.3) is 11.6 Å². The first-order valence-corrected chi connectivity index (χ1v) is 8.78. The molecular formula is C20H22N2O7. The number of rotatable bonds is 8. The fourth-order valence-electron chi connectivity index (χ4n) is 2.40. The number of carbonyl (C=O) groups is 2. The molecule has 0 fully saturated rings. The summed E-state index contributed by atoms with van der Waals surface area (Å²) in [5, 5.41) is 13.4. The Morgan fingerprint density at radius 1 is 1.10 bits per heavy atom. The van der Waals surface area contributed by atoms with Crippen molar-refractivity contribution in [2.45, 2.75) is 33.0 Å². The molecule has 1 amide bonds. The van der Waals surface area contributed by atoms with Crippen molar-refractivity contribution in [1.29, 1.82) is 0 Å². The highest BCUT2D eigenvalue weighted by molar-refractivity contribution is 5.96. The smallest absolute Gasteiger partial charge is 0.347 e. The zero-order valence-corrected chi connectivity index (χ0v) is 16.5. The van der Waals surface area contributed by atoms with Gasteiger partial charge in [0, 0.05) is 6.07 Å². The highest BCUT2D eigenvalue weighted by atomic mass is 16.6. The van der Waals surface area contributed by atoms with Crippen LogP contribution >= 0.6 is 0 Å². The second-order valence-corrected chi connectivity index (χ2v) is 6.29. The van der Waals surface area contributed by atoms with E-state index in [4.69, 9.17) is 14.2 Å². The Morgan fingerprint density at radius 2 is 1.83 bits per heavy atom. The van der Waals surface area contributed by atoms with E-state index in [0.29, 0.717) is 5.75 Å². The molecule has 0 aliphatic heterocycles. The third-order valence-corrected chi connectivity index (χ3v) is 3.95. The summed E-state index contributed by atoms with van der Waals surface area (Å²) in [6, 6.07) is 10.9. The summed E-state index contributed by atoms with van der Waals surface area (Å²) in [6.07, 6.45) is -2.04. The summed E-state index contributed by atoms with van der Waals surface area (Å²) in [7, 11) is 1.32. The first kappa shape index (κ1) is 21.7. The molecule has 0 aromatic heterocycles. The lowest BCUT2D eigenvalue weighted by Crippen LogP contribution is -2.35. The molecule has 9 nitrogen and oxygen atoms in total. The topological polar surface area (TPSA) is 117 Å². The van der Waals surface area contributed by atoms with Gasteiger partial charge in [0.2, 0.25) is 0 Å². The number of nitrogens with zero attached hydrogens (tertiary/aromatic N) is 1. The number of ether oxygens (including phenoxy) is 3. The molecule has 0 saturated heterocycles. The maximum absolute atomic E-state index is 12.3. The molecule has 1 N–H and O–H groups in total. The van der Waals surface area contributed by atoms with Gasteiger partial charge in [0.05, 0.1) is 23.8 Å². The Kier molecular flexibility index (Phi) is 7.13. The first-order valence-electron chi connectivity index (χ1n) is 8.78. The number of hydrogen-bond donors (Lipinski definition) is 1. The quantitative estimate of drug-likeness (QED) is 0.409. The van der Waals surface area contributed by atoms with Crippen LogP contribution in [-0.2, 0) is 14.3 Å². The van der Waals surface area contributed by atoms with Crippen molar-refractivity contribution in [2.24, 2.45) is 0 Å². The zero-order valence-electron chi connectivity index (χ0n) is 16.5. The summed E-state index contributed by atoms with van der Waals surface area (Å²) in [5.74, 6) is -0.692. The van der Waals surface area contributed by atoms with E-state index in [-0.39, 0.29) is 17.1 Å². The number of aryl methyl sites for hydroxylation is 1. The number of nitro benzene ring substituents is 1. The number of hydrogen-bond acceptors (Lipinski definition) is 7. The molecule has 0 unspecified atom stereocenters. The van der Waals surface area contributed by atoms with Gasteiger partial charge in [0.1, 0.15) is 11.5 Å². The van der Waals surface area contributed by atoms with Crippen LogP contribution in [0, 0.1) is 17.0 Å². The van der Waals surface area contributed by atoms with Gasteiger partial charge in [-0.1, -0.05) is 12.1 Å². The largest absolute Gasteiger partial charge is 0.494 e. The standard InChI is InChI=1S/C20H22N2O7/c1-12-6-5-7-16(10-12)28-14(3)20(24)29-13(2)19(23)21-17-9-8-15(22(25)26)11-18(17)27-4/h5-11,13-14H,1-4H3,(H,21,23)/t13-,14+/m0/s1. The minimum absolute atomic E-state index is 0.113. The van der Waals surface area contributed by atoms with E-state index >= 15 is 0 Å². The zero-order chi connectivity index (χ0) is 21.6. The van der Waals surface area contributed by atoms with E-state index in [9.17, 15) is 19.7 Å². The van der Waals surface area contributed by atoms with Gasteiger partial charge in [-0.15, -0.1) is 0 Å². The molecule has 0 radical (unpaired) electrons. The molecule has 0 heterocycles. The summed E-state index contributed by atoms with van der Waals surface area (Å²) in [4.78, 5) is 34.8. The molecule has 154 valence electrons. The number of nitro groups is 1. The van der Waals surface area contributed by atoms with Crippen LogP contribution in [-0.4, -0.2) is 36.1 Å². The van der Waals surface area contributed by atoms with E-state index in [2.05, 4.69) is 5.32 Å². The average molecular weight is 402 g/mol. The van der Waals surface area contributed by atoms with Crippen molar-refractivity contribution < 1.29 is 28.7 Å². The van der Waals surface area contributed by atoms with Crippen LogP contribution < -0.4 is 14.8 Å². The van der Waals surface area contributed by atoms with E-state index in [1.165, 1.54) is 39.2 Å². The molecule has 2 atom stereocenters. The molecule has 0 bridgehead atoms. The van der Waals surface area contributed by atoms with Crippen LogP contribution in [0.2, 0.25) is 0 Å². The average Bonchev–Trinajstić information content (AvgIpc) is 2.67. The van der Waals surface area contributed by atoms with E-state index in [0.717, 1.165) is 5.56 Å². The monoisotopic (exact) mass is 402 g/mol. The molecular weight excluding hydrogens is 380 g/mol. The molecule has 2 aromatic carbocycles. The van der Waals surface area contributed by atoms with Gasteiger partial charge in [-0.2, -0.15) is 0 Å². The SMILES string of the molecule is COc1cc([N+](=O)[O-])ccc1NC(=O)[C@H](C)OC(=O)[C@@H](C)Oc1cccc(C)c1. The van der Waals surface area contributed by atoms with E-state index in [1.54, 1.807) is 18.2 Å². The highest BCUT2D eigenvalue weighted by Crippen LogP contribution is 2.29. The fraction of sp³-hybridized carbons (Fsp3) is 0.300. The van der Waals surface area contributed by atoms with Crippen molar-refractivity contribution >= 4 is 23.3 Å². The summed E-state index contributed by atoms with van der Waals surface area (Å²) in [6.45, 7) is 4.83. The molecule has 0 saturated carbocycles. The Balaban J connectivity index is 1.97. The molecule has 0 aliphatic carbocycles. The van der Waals surface area contributed by atoms with Crippen molar-refractivity contribution in [1.82, 2.24) is 0 Å². The third-order valence-electron chi connectivity index (χ3n) is 3.95. The first-order chi connectivity index (χ1) is 13.7. The normalized spacial score (nSPS) is 12.4. The number of benzene rings is 2. The Bertz CT molecular complexity index is 913. The maximum Gasteiger partial charge on any atom is 0.347 e. The lowest BCUT2D eigenvalue weighted by atomic mass is 10.2. The Labute approximate surface area is 167 Å². The fourth-order valence-corrected chi connectivity index (χ4v) is 2.40. The second-order valence-electron chi connectivity index (χ2n) is 6.29. The molecule has 9 heteroatoms. The summed E-state index contributed by atoms with van der Waals surface area (Å²) in [5.41, 5.74) is 1.02. The third kappa shape index (κ3) is 5.93. The predicted octanol–water partition coefficient (Wildman–Crippen LogP) is 3.25. The van der Waals surface area contributed by atoms with Crippen LogP contribution in [0.15, 0.2) is 42.5 Å². The summed E-state index contributed by atoms with van der Waals surface area (Å²) >= 11 is 0. The van der Waals surface area contributed by atoms with Gasteiger partial charge < -0.3 is 19.5 Å². The second kappa shape index (κ2) is 9.54. The number of nitrogens with one attached hydrogen (secondary N) is 1. The van der Waals surface area contributed by atoms with Gasteiger partial charge >= 0.3 is 5.97 Å². The lowest BCUT2D eigenvalue weighted by Gasteiger charge is -2.18. The Hall–Kier alpha value is -3.62. The minimum atomic E-state index is -1.12. The maximum atomic E-state index is 12.3. The van der Waals surface area contributed by atoms with Gasteiger partial charge in [-0.05, 0) is 44.5 Å². The molecule has 2 rings (SSSR count). The van der Waals surface area contributed by atoms with Crippen LogP contribution in [0.4, 0.5) is 11.4 Å². The van der Waals surface area contributed by atoms with E-state index < -0.39 is 29.0 Å². The van der Waals surface area contributed by atoms with Gasteiger partial charge in [-0.25, -0.2) is 4.79 Å². The van der Waals surface area contributed by atoms with Crippen LogP contribution in [0.3, 0.4) is 0 Å². The highest BCUT2D eigenvalue weighted by Gasteiger charge is 2.24. The number of carbonyl (C=O) groups excluding carboxylic acids is 2. The number of non-ortho nitro benzene ring substituents is 1. The number of amides is 1. The molecule has 0 spiro atoms. The van der Waals surface area contributed by atoms with Crippen molar-refractivity contribution in [3.05, 3.63) is 58.1 Å². The lowest BCUT2D eigenvalue weighted by molar-refractivity contribution is -0.384. The van der Waals surface area contributed by atoms with Gasteiger partial charge in [0.15, 0.2) is 12.2 Å². The molecule has 29 heavy (non-hydrogen) atoms. The van der Waals surface area contributed by atoms with Crippen molar-refractivity contribution in [3.63, 3.8) is 0 Å².